The number of amides is 1. The lowest BCUT2D eigenvalue weighted by Crippen LogP contribution is -2.26. The Kier molecular flexibility index (Phi) is 4.11. The molecule has 2 rings (SSSR count). The zero-order valence-corrected chi connectivity index (χ0v) is 11.2. The van der Waals surface area contributed by atoms with E-state index in [2.05, 4.69) is 10.3 Å². The summed E-state index contributed by atoms with van der Waals surface area (Å²) in [6.07, 6.45) is 3.82. The molecule has 5 nitrogen and oxygen atoms in total. The summed E-state index contributed by atoms with van der Waals surface area (Å²) >= 11 is 1.38. The second-order valence-corrected chi connectivity index (χ2v) is 4.73. The number of thiazole rings is 1. The molecule has 6 heteroatoms. The normalized spacial score (nSPS) is 10.6. The molecule has 0 aliphatic carbocycles. The zero-order chi connectivity index (χ0) is 13.0. The second-order valence-electron chi connectivity index (χ2n) is 3.75. The number of ether oxygens (including phenoxy) is 1. The monoisotopic (exact) mass is 265 g/mol. The molecule has 96 valence electrons. The number of nitrogens with zero attached hydrogens (tertiary/aromatic N) is 2. The van der Waals surface area contributed by atoms with Gasteiger partial charge in [-0.2, -0.15) is 0 Å². The Bertz CT molecular complexity index is 519. The Labute approximate surface area is 109 Å². The first-order chi connectivity index (χ1) is 8.72. The van der Waals surface area contributed by atoms with Crippen molar-refractivity contribution < 1.29 is 9.53 Å². The first-order valence-corrected chi connectivity index (χ1v) is 6.42. The van der Waals surface area contributed by atoms with Gasteiger partial charge >= 0.3 is 0 Å². The highest BCUT2D eigenvalue weighted by molar-refractivity contribution is 7.16. The van der Waals surface area contributed by atoms with E-state index in [0.29, 0.717) is 18.0 Å². The Hall–Kier alpha value is -1.66. The maximum Gasteiger partial charge on any atom is 0.263 e. The van der Waals surface area contributed by atoms with E-state index in [-0.39, 0.29) is 5.91 Å². The molecule has 0 radical (unpaired) electrons. The summed E-state index contributed by atoms with van der Waals surface area (Å²) in [5, 5.41) is 3.60. The summed E-state index contributed by atoms with van der Waals surface area (Å²) in [4.78, 5) is 17.0. The van der Waals surface area contributed by atoms with Gasteiger partial charge in [-0.1, -0.05) is 11.3 Å². The van der Waals surface area contributed by atoms with Crippen molar-refractivity contribution in [2.24, 2.45) is 0 Å². The third-order valence-electron chi connectivity index (χ3n) is 2.41. The second kappa shape index (κ2) is 5.79. The smallest absolute Gasteiger partial charge is 0.263 e. The molecular weight excluding hydrogens is 250 g/mol. The number of hydrogen-bond donors (Lipinski definition) is 1. The molecule has 0 saturated heterocycles. The first kappa shape index (κ1) is 12.8. The minimum absolute atomic E-state index is 0.0968. The molecule has 2 heterocycles. The van der Waals surface area contributed by atoms with E-state index in [4.69, 9.17) is 4.74 Å². The fraction of sp³-hybridized carbons (Fsp3) is 0.333. The number of hydrogen-bond acceptors (Lipinski definition) is 4. The van der Waals surface area contributed by atoms with Crippen LogP contribution in [0, 0.1) is 6.92 Å². The van der Waals surface area contributed by atoms with Crippen LogP contribution >= 0.6 is 11.3 Å². The van der Waals surface area contributed by atoms with Crippen LogP contribution in [0.2, 0.25) is 0 Å². The van der Waals surface area contributed by atoms with Crippen LogP contribution in [-0.4, -0.2) is 35.7 Å². The summed E-state index contributed by atoms with van der Waals surface area (Å²) in [7, 11) is 1.61. The van der Waals surface area contributed by atoms with Gasteiger partial charge in [0.25, 0.3) is 5.91 Å². The topological polar surface area (TPSA) is 56.1 Å². The quantitative estimate of drug-likeness (QED) is 0.836. The molecule has 0 saturated carbocycles. The molecule has 0 aliphatic rings. The summed E-state index contributed by atoms with van der Waals surface area (Å²) in [6.45, 7) is 2.86. The Balaban J connectivity index is 2.12. The molecule has 0 spiro atoms. The summed E-state index contributed by atoms with van der Waals surface area (Å²) < 4.78 is 6.78. The van der Waals surface area contributed by atoms with Crippen LogP contribution in [0.5, 0.6) is 0 Å². The molecule has 0 atom stereocenters. The van der Waals surface area contributed by atoms with Gasteiger partial charge in [-0.25, -0.2) is 4.98 Å². The van der Waals surface area contributed by atoms with Crippen LogP contribution in [0.4, 0.5) is 0 Å². The lowest BCUT2D eigenvalue weighted by atomic mass is 10.4. The average Bonchev–Trinajstić information content (AvgIpc) is 2.97. The van der Waals surface area contributed by atoms with E-state index in [0.717, 1.165) is 10.8 Å². The zero-order valence-electron chi connectivity index (χ0n) is 10.3. The SMILES string of the molecule is COCCNC(=O)c1sc(-n2cccc2)nc1C. The maximum absolute atomic E-state index is 11.9. The molecule has 2 aromatic rings. The van der Waals surface area contributed by atoms with Gasteiger partial charge in [0.15, 0.2) is 5.13 Å². The highest BCUT2D eigenvalue weighted by atomic mass is 32.1. The van der Waals surface area contributed by atoms with Crippen molar-refractivity contribution in [1.82, 2.24) is 14.9 Å². The van der Waals surface area contributed by atoms with Gasteiger partial charge in [-0.3, -0.25) is 4.79 Å². The van der Waals surface area contributed by atoms with Gasteiger partial charge in [0.05, 0.1) is 12.3 Å². The number of methoxy groups -OCH3 is 1. The average molecular weight is 265 g/mol. The van der Waals surface area contributed by atoms with Gasteiger partial charge in [0.1, 0.15) is 4.88 Å². The van der Waals surface area contributed by atoms with Crippen molar-refractivity contribution in [3.8, 4) is 5.13 Å². The number of nitrogens with one attached hydrogen (secondary N) is 1. The number of carbonyl (C=O) groups excluding carboxylic acids is 1. The van der Waals surface area contributed by atoms with Crippen molar-refractivity contribution in [2.45, 2.75) is 6.92 Å². The van der Waals surface area contributed by atoms with Gasteiger partial charge in [-0.15, -0.1) is 0 Å². The van der Waals surface area contributed by atoms with Crippen LogP contribution in [0.3, 0.4) is 0 Å². The van der Waals surface area contributed by atoms with E-state index in [1.165, 1.54) is 11.3 Å². The van der Waals surface area contributed by atoms with Gasteiger partial charge in [0, 0.05) is 26.0 Å². The van der Waals surface area contributed by atoms with E-state index in [1.54, 1.807) is 7.11 Å². The summed E-state index contributed by atoms with van der Waals surface area (Å²) in [6, 6.07) is 3.85. The van der Waals surface area contributed by atoms with Crippen LogP contribution in [0.25, 0.3) is 5.13 Å². The van der Waals surface area contributed by atoms with Crippen molar-refractivity contribution >= 4 is 17.2 Å². The molecule has 18 heavy (non-hydrogen) atoms. The standard InChI is InChI=1S/C12H15N3O2S/c1-9-10(11(16)13-5-8-17-2)18-12(14-9)15-6-3-4-7-15/h3-4,6-7H,5,8H2,1-2H3,(H,13,16). The van der Waals surface area contributed by atoms with Crippen LogP contribution in [-0.2, 0) is 4.74 Å². The Morgan fingerprint density at radius 1 is 1.50 bits per heavy atom. The molecule has 0 fully saturated rings. The van der Waals surface area contributed by atoms with Crippen molar-refractivity contribution in [1.29, 1.82) is 0 Å². The fourth-order valence-corrected chi connectivity index (χ4v) is 2.46. The lowest BCUT2D eigenvalue weighted by molar-refractivity contribution is 0.0940. The van der Waals surface area contributed by atoms with E-state index in [1.807, 2.05) is 36.0 Å². The summed E-state index contributed by atoms with van der Waals surface area (Å²) in [5.41, 5.74) is 0.749. The van der Waals surface area contributed by atoms with Gasteiger partial charge < -0.3 is 14.6 Å². The van der Waals surface area contributed by atoms with Gasteiger partial charge in [0.2, 0.25) is 0 Å². The molecule has 0 bridgehead atoms. The molecule has 0 unspecified atom stereocenters. The minimum atomic E-state index is -0.0968. The van der Waals surface area contributed by atoms with Crippen molar-refractivity contribution in [3.05, 3.63) is 35.1 Å². The largest absolute Gasteiger partial charge is 0.383 e. The molecule has 0 aromatic carbocycles. The molecule has 0 aliphatic heterocycles. The highest BCUT2D eigenvalue weighted by Gasteiger charge is 2.15. The van der Waals surface area contributed by atoms with E-state index >= 15 is 0 Å². The first-order valence-electron chi connectivity index (χ1n) is 5.60. The third kappa shape index (κ3) is 2.77. The number of carbonyl (C=O) groups is 1. The minimum Gasteiger partial charge on any atom is -0.383 e. The van der Waals surface area contributed by atoms with Crippen LogP contribution < -0.4 is 5.32 Å². The van der Waals surface area contributed by atoms with Crippen LogP contribution in [0.15, 0.2) is 24.5 Å². The van der Waals surface area contributed by atoms with Gasteiger partial charge in [-0.05, 0) is 19.1 Å². The van der Waals surface area contributed by atoms with Crippen molar-refractivity contribution in [3.63, 3.8) is 0 Å². The Morgan fingerprint density at radius 3 is 2.89 bits per heavy atom. The third-order valence-corrected chi connectivity index (χ3v) is 3.58. The summed E-state index contributed by atoms with van der Waals surface area (Å²) in [5.74, 6) is -0.0968. The Morgan fingerprint density at radius 2 is 2.22 bits per heavy atom. The van der Waals surface area contributed by atoms with Crippen LogP contribution in [0.1, 0.15) is 15.4 Å². The van der Waals surface area contributed by atoms with E-state index < -0.39 is 0 Å². The number of aryl methyl sites for hydroxylation is 1. The maximum atomic E-state index is 11.9. The predicted molar refractivity (Wildman–Crippen MR) is 70.4 cm³/mol. The molecule has 1 amide bonds. The number of rotatable bonds is 5. The fourth-order valence-electron chi connectivity index (χ4n) is 1.51. The van der Waals surface area contributed by atoms with Crippen molar-refractivity contribution in [2.75, 3.05) is 20.3 Å². The molecule has 2 aromatic heterocycles. The predicted octanol–water partition coefficient (Wildman–Crippen LogP) is 1.62. The molecule has 1 N–H and O–H groups in total. The highest BCUT2D eigenvalue weighted by Crippen LogP contribution is 2.21. The lowest BCUT2D eigenvalue weighted by Gasteiger charge is -2.02. The van der Waals surface area contributed by atoms with E-state index in [9.17, 15) is 4.79 Å². The number of aromatic nitrogens is 2. The molecular formula is C12H15N3O2S.